The number of aromatic nitrogens is 4. The van der Waals surface area contributed by atoms with Crippen LogP contribution in [0.3, 0.4) is 0 Å². The van der Waals surface area contributed by atoms with Crippen LogP contribution in [0.2, 0.25) is 5.15 Å². The second-order valence-corrected chi connectivity index (χ2v) is 7.95. The van der Waals surface area contributed by atoms with E-state index in [1.54, 1.807) is 16.8 Å². The van der Waals surface area contributed by atoms with Crippen molar-refractivity contribution in [1.82, 2.24) is 19.6 Å². The maximum Gasteiger partial charge on any atom is 0.243 e. The predicted octanol–water partition coefficient (Wildman–Crippen LogP) is 4.40. The number of piperidine rings is 1. The Labute approximate surface area is 184 Å². The number of hydrogen-bond acceptors (Lipinski definition) is 6. The molecule has 0 spiro atoms. The molecular weight excluding hydrogens is 410 g/mol. The molecule has 1 saturated heterocycles. The van der Waals surface area contributed by atoms with Crippen LogP contribution in [0.25, 0.3) is 16.8 Å². The Morgan fingerprint density at radius 2 is 1.97 bits per heavy atom. The van der Waals surface area contributed by atoms with Crippen LogP contribution in [0.4, 0.5) is 11.6 Å². The van der Waals surface area contributed by atoms with E-state index in [1.807, 2.05) is 48.7 Å². The zero-order chi connectivity index (χ0) is 21.2. The summed E-state index contributed by atoms with van der Waals surface area (Å²) in [4.78, 5) is 11.1. The van der Waals surface area contributed by atoms with Crippen LogP contribution in [-0.2, 0) is 0 Å². The monoisotopic (exact) mass is 429 g/mol. The third-order valence-electron chi connectivity index (χ3n) is 5.57. The van der Waals surface area contributed by atoms with Gasteiger partial charge in [0.05, 0.1) is 11.6 Å². The first-order chi connectivity index (χ1) is 15.2. The van der Waals surface area contributed by atoms with E-state index in [0.29, 0.717) is 22.7 Å². The summed E-state index contributed by atoms with van der Waals surface area (Å²) in [5.41, 5.74) is 4.40. The van der Waals surface area contributed by atoms with Crippen LogP contribution in [0.5, 0.6) is 0 Å². The summed E-state index contributed by atoms with van der Waals surface area (Å²) in [6, 6.07) is 17.9. The molecule has 31 heavy (non-hydrogen) atoms. The van der Waals surface area contributed by atoms with Crippen molar-refractivity contribution in [1.29, 1.82) is 5.26 Å². The largest absolute Gasteiger partial charge is 0.371 e. The molecule has 154 valence electrons. The first-order valence-electron chi connectivity index (χ1n) is 10.2. The predicted molar refractivity (Wildman–Crippen MR) is 121 cm³/mol. The molecule has 1 aliphatic rings. The molecule has 7 nitrogen and oxygen atoms in total. The summed E-state index contributed by atoms with van der Waals surface area (Å²) in [5, 5.41) is 17.8. The number of rotatable bonds is 4. The average Bonchev–Trinajstić information content (AvgIpc) is 3.22. The second-order valence-electron chi connectivity index (χ2n) is 7.56. The molecule has 3 aromatic heterocycles. The van der Waals surface area contributed by atoms with Crippen LogP contribution in [0.1, 0.15) is 18.4 Å². The van der Waals surface area contributed by atoms with E-state index in [4.69, 9.17) is 16.6 Å². The zero-order valence-electron chi connectivity index (χ0n) is 16.7. The van der Waals surface area contributed by atoms with Gasteiger partial charge in [0.25, 0.3) is 0 Å². The van der Waals surface area contributed by atoms with Gasteiger partial charge in [0.1, 0.15) is 5.15 Å². The van der Waals surface area contributed by atoms with Gasteiger partial charge in [-0.25, -0.2) is 9.50 Å². The van der Waals surface area contributed by atoms with Crippen molar-refractivity contribution in [2.75, 3.05) is 23.3 Å². The van der Waals surface area contributed by atoms with Crippen molar-refractivity contribution in [2.24, 2.45) is 0 Å². The van der Waals surface area contributed by atoms with Gasteiger partial charge in [0, 0.05) is 42.8 Å². The van der Waals surface area contributed by atoms with Crippen LogP contribution in [-0.4, -0.2) is 38.7 Å². The molecule has 0 aliphatic carbocycles. The van der Waals surface area contributed by atoms with E-state index >= 15 is 0 Å². The van der Waals surface area contributed by atoms with Gasteiger partial charge >= 0.3 is 0 Å². The zero-order valence-corrected chi connectivity index (χ0v) is 17.5. The molecule has 1 aromatic carbocycles. The molecule has 0 bridgehead atoms. The maximum atomic E-state index is 9.21. The van der Waals surface area contributed by atoms with E-state index in [0.717, 1.165) is 48.4 Å². The Morgan fingerprint density at radius 3 is 2.77 bits per heavy atom. The highest BCUT2D eigenvalue weighted by molar-refractivity contribution is 6.29. The summed E-state index contributed by atoms with van der Waals surface area (Å²) in [6.45, 7) is 1.86. The second kappa shape index (κ2) is 8.25. The number of nitriles is 1. The van der Waals surface area contributed by atoms with Crippen molar-refractivity contribution < 1.29 is 0 Å². The molecule has 4 aromatic rings. The number of fused-ring (bicyclic) bond motifs is 1. The van der Waals surface area contributed by atoms with Gasteiger partial charge in [0.2, 0.25) is 5.95 Å². The SMILES string of the molecule is N#Cc1cccc(-c2cccn3nc(NC4CCN(c5ccnc(Cl)c5)CC4)nc23)c1. The average molecular weight is 430 g/mol. The van der Waals surface area contributed by atoms with Gasteiger partial charge in [0.15, 0.2) is 5.65 Å². The lowest BCUT2D eigenvalue weighted by atomic mass is 10.0. The quantitative estimate of drug-likeness (QED) is 0.484. The number of halogens is 1. The van der Waals surface area contributed by atoms with Crippen molar-refractivity contribution >= 4 is 28.9 Å². The minimum absolute atomic E-state index is 0.302. The summed E-state index contributed by atoms with van der Waals surface area (Å²) < 4.78 is 1.78. The van der Waals surface area contributed by atoms with Crippen molar-refractivity contribution in [3.05, 3.63) is 71.6 Å². The molecular formula is C23H20ClN7. The molecule has 8 heteroatoms. The molecule has 0 saturated carbocycles. The Morgan fingerprint density at radius 1 is 1.10 bits per heavy atom. The first kappa shape index (κ1) is 19.3. The lowest BCUT2D eigenvalue weighted by Crippen LogP contribution is -2.39. The Bertz CT molecular complexity index is 1270. The standard InChI is InChI=1S/C23H20ClN7/c24-21-14-19(6-9-26-21)30-11-7-18(8-12-30)27-23-28-22-20(5-2-10-31(22)29-23)17-4-1-3-16(13-17)15-25/h1-6,9-10,13-14,18H,7-8,11-12H2,(H,27,29). The summed E-state index contributed by atoms with van der Waals surface area (Å²) >= 11 is 6.03. The number of hydrogen-bond donors (Lipinski definition) is 1. The highest BCUT2D eigenvalue weighted by atomic mass is 35.5. The number of anilines is 2. The van der Waals surface area contributed by atoms with Gasteiger partial charge in [-0.3, -0.25) is 0 Å². The van der Waals surface area contributed by atoms with E-state index in [1.165, 1.54) is 0 Å². The van der Waals surface area contributed by atoms with E-state index in [9.17, 15) is 5.26 Å². The topological polar surface area (TPSA) is 82.1 Å². The fourth-order valence-electron chi connectivity index (χ4n) is 4.00. The fraction of sp³-hybridized carbons (Fsp3) is 0.217. The first-order valence-corrected chi connectivity index (χ1v) is 10.6. The molecule has 1 fully saturated rings. The molecule has 1 aliphatic heterocycles. The van der Waals surface area contributed by atoms with Gasteiger partial charge in [-0.1, -0.05) is 23.7 Å². The lowest BCUT2D eigenvalue weighted by Gasteiger charge is -2.33. The lowest BCUT2D eigenvalue weighted by molar-refractivity contribution is 0.524. The van der Waals surface area contributed by atoms with Gasteiger partial charge in [-0.05, 0) is 54.8 Å². The van der Waals surface area contributed by atoms with Crippen LogP contribution >= 0.6 is 11.6 Å². The van der Waals surface area contributed by atoms with Crippen LogP contribution < -0.4 is 10.2 Å². The molecule has 0 radical (unpaired) electrons. The minimum Gasteiger partial charge on any atom is -0.371 e. The Hall–Kier alpha value is -3.63. The van der Waals surface area contributed by atoms with Crippen LogP contribution in [0.15, 0.2) is 60.9 Å². The fourth-order valence-corrected chi connectivity index (χ4v) is 4.17. The molecule has 5 rings (SSSR count). The van der Waals surface area contributed by atoms with Gasteiger partial charge in [-0.2, -0.15) is 10.2 Å². The van der Waals surface area contributed by atoms with E-state index in [-0.39, 0.29) is 0 Å². The van der Waals surface area contributed by atoms with E-state index < -0.39 is 0 Å². The third-order valence-corrected chi connectivity index (χ3v) is 5.78. The Kier molecular flexibility index (Phi) is 5.14. The number of benzene rings is 1. The number of nitrogens with one attached hydrogen (secondary N) is 1. The molecule has 4 heterocycles. The summed E-state index contributed by atoms with van der Waals surface area (Å²) in [6.07, 6.45) is 5.59. The summed E-state index contributed by atoms with van der Waals surface area (Å²) in [5.74, 6) is 0.620. The van der Waals surface area contributed by atoms with E-state index in [2.05, 4.69) is 26.4 Å². The normalized spacial score (nSPS) is 14.5. The highest BCUT2D eigenvalue weighted by Crippen LogP contribution is 2.26. The van der Waals surface area contributed by atoms with Crippen molar-refractivity contribution in [2.45, 2.75) is 18.9 Å². The maximum absolute atomic E-state index is 9.21. The highest BCUT2D eigenvalue weighted by Gasteiger charge is 2.21. The van der Waals surface area contributed by atoms with Gasteiger partial charge < -0.3 is 10.2 Å². The molecule has 1 N–H and O–H groups in total. The minimum atomic E-state index is 0.302. The molecule has 0 atom stereocenters. The number of nitrogens with zero attached hydrogens (tertiary/aromatic N) is 6. The van der Waals surface area contributed by atoms with Gasteiger partial charge in [-0.15, -0.1) is 5.10 Å². The number of pyridine rings is 2. The molecule has 0 unspecified atom stereocenters. The van der Waals surface area contributed by atoms with Crippen molar-refractivity contribution in [3.8, 4) is 17.2 Å². The van der Waals surface area contributed by atoms with Crippen molar-refractivity contribution in [3.63, 3.8) is 0 Å². The Balaban J connectivity index is 1.32. The van der Waals surface area contributed by atoms with Crippen LogP contribution in [0, 0.1) is 11.3 Å². The summed E-state index contributed by atoms with van der Waals surface area (Å²) in [7, 11) is 0. The smallest absolute Gasteiger partial charge is 0.243 e. The molecule has 0 amide bonds. The third kappa shape index (κ3) is 4.03.